The Hall–Kier alpha value is -3.66. The molecular weight excluding hydrogens is 452 g/mol. The lowest BCUT2D eigenvalue weighted by Gasteiger charge is -2.17. The lowest BCUT2D eigenvalue weighted by Crippen LogP contribution is -2.25. The molecule has 0 atom stereocenters. The SMILES string of the molecule is CCOC(=O)c1cnn(-c2cc(C)c3cccc(C)c3n2)c1NC(=O)CC1=CSC2=NCCN12. The molecule has 0 saturated carbocycles. The topological polar surface area (TPSA) is 102 Å². The van der Waals surface area contributed by atoms with Crippen LogP contribution in [-0.2, 0) is 9.53 Å². The lowest BCUT2D eigenvalue weighted by molar-refractivity contribution is -0.115. The average molecular weight is 477 g/mol. The molecule has 0 aliphatic carbocycles. The summed E-state index contributed by atoms with van der Waals surface area (Å²) in [5.41, 5.74) is 3.95. The van der Waals surface area contributed by atoms with E-state index in [1.54, 1.807) is 6.92 Å². The highest BCUT2D eigenvalue weighted by Crippen LogP contribution is 2.31. The van der Waals surface area contributed by atoms with E-state index in [0.29, 0.717) is 5.82 Å². The lowest BCUT2D eigenvalue weighted by atomic mass is 10.1. The Morgan fingerprint density at radius 2 is 2.09 bits per heavy atom. The smallest absolute Gasteiger partial charge is 0.343 e. The van der Waals surface area contributed by atoms with Gasteiger partial charge in [-0.25, -0.2) is 9.78 Å². The highest BCUT2D eigenvalue weighted by atomic mass is 32.2. The van der Waals surface area contributed by atoms with Crippen molar-refractivity contribution in [2.75, 3.05) is 25.0 Å². The first kappa shape index (κ1) is 22.1. The number of carbonyl (C=O) groups excluding carboxylic acids is 2. The molecule has 2 aromatic heterocycles. The van der Waals surface area contributed by atoms with Crippen LogP contribution in [0.5, 0.6) is 0 Å². The number of anilines is 1. The number of para-hydroxylation sites is 1. The monoisotopic (exact) mass is 476 g/mol. The minimum atomic E-state index is -0.553. The quantitative estimate of drug-likeness (QED) is 0.540. The van der Waals surface area contributed by atoms with Gasteiger partial charge in [0.05, 0.1) is 31.3 Å². The van der Waals surface area contributed by atoms with Crippen LogP contribution in [0.25, 0.3) is 16.7 Å². The second-order valence-corrected chi connectivity index (χ2v) is 8.91. The summed E-state index contributed by atoms with van der Waals surface area (Å²) in [6, 6.07) is 7.91. The first-order chi connectivity index (χ1) is 16.5. The fourth-order valence-corrected chi connectivity index (χ4v) is 5.06. The standard InChI is InChI=1S/C24H24N6O3S/c1-4-33-23(32)18-12-26-30(19-10-15(3)17-7-5-6-14(2)21(17)27-19)22(18)28-20(31)11-16-13-34-24-25-8-9-29(16)24/h5-7,10,12-13H,4,8-9,11H2,1-3H3,(H,28,31). The first-order valence-corrected chi connectivity index (χ1v) is 11.9. The van der Waals surface area contributed by atoms with Crippen LogP contribution in [0.4, 0.5) is 5.82 Å². The number of pyridine rings is 1. The van der Waals surface area contributed by atoms with Crippen molar-refractivity contribution >= 4 is 45.5 Å². The highest BCUT2D eigenvalue weighted by molar-refractivity contribution is 8.16. The maximum Gasteiger partial charge on any atom is 0.343 e. The van der Waals surface area contributed by atoms with Gasteiger partial charge in [-0.3, -0.25) is 9.79 Å². The Morgan fingerprint density at radius 1 is 1.24 bits per heavy atom. The Morgan fingerprint density at radius 3 is 2.91 bits per heavy atom. The predicted molar refractivity (Wildman–Crippen MR) is 132 cm³/mol. The van der Waals surface area contributed by atoms with Crippen LogP contribution in [0, 0.1) is 13.8 Å². The van der Waals surface area contributed by atoms with Crippen LogP contribution in [0.3, 0.4) is 0 Å². The number of hydrogen-bond donors (Lipinski definition) is 1. The predicted octanol–water partition coefficient (Wildman–Crippen LogP) is 3.80. The fraction of sp³-hybridized carbons (Fsp3) is 0.292. The molecule has 0 fully saturated rings. The Balaban J connectivity index is 1.51. The molecule has 0 bridgehead atoms. The molecule has 1 N–H and O–H groups in total. The number of aliphatic imine (C=N–C) groups is 1. The van der Waals surface area contributed by atoms with Gasteiger partial charge in [-0.15, -0.1) is 0 Å². The van der Waals surface area contributed by atoms with Crippen LogP contribution in [-0.4, -0.2) is 56.4 Å². The third kappa shape index (κ3) is 3.94. The van der Waals surface area contributed by atoms with Gasteiger partial charge in [0.1, 0.15) is 5.56 Å². The first-order valence-electron chi connectivity index (χ1n) is 11.1. The normalized spacial score (nSPS) is 14.7. The van der Waals surface area contributed by atoms with E-state index < -0.39 is 5.97 Å². The number of amides is 1. The van der Waals surface area contributed by atoms with E-state index in [9.17, 15) is 9.59 Å². The second-order valence-electron chi connectivity index (χ2n) is 8.08. The van der Waals surface area contributed by atoms with Gasteiger partial charge in [-0.05, 0) is 43.4 Å². The van der Waals surface area contributed by atoms with Crippen LogP contribution in [0.2, 0.25) is 0 Å². The number of esters is 1. The van der Waals surface area contributed by atoms with Crippen molar-refractivity contribution in [3.8, 4) is 5.82 Å². The van der Waals surface area contributed by atoms with Gasteiger partial charge in [-0.2, -0.15) is 9.78 Å². The minimum Gasteiger partial charge on any atom is -0.462 e. The molecule has 3 aromatic rings. The Kier molecular flexibility index (Phi) is 5.82. The molecule has 0 radical (unpaired) electrons. The van der Waals surface area contributed by atoms with E-state index in [1.807, 2.05) is 48.4 Å². The van der Waals surface area contributed by atoms with Gasteiger partial charge in [0.2, 0.25) is 5.91 Å². The molecular formula is C24H24N6O3S. The van der Waals surface area contributed by atoms with Crippen molar-refractivity contribution in [2.45, 2.75) is 27.2 Å². The molecule has 34 heavy (non-hydrogen) atoms. The Bertz CT molecular complexity index is 1380. The maximum atomic E-state index is 13.1. The third-order valence-corrected chi connectivity index (χ3v) is 6.71. The summed E-state index contributed by atoms with van der Waals surface area (Å²) in [5.74, 6) is -0.0667. The number of nitrogens with one attached hydrogen (secondary N) is 1. The van der Waals surface area contributed by atoms with E-state index in [-0.39, 0.29) is 30.3 Å². The van der Waals surface area contributed by atoms with Crippen molar-refractivity contribution in [3.05, 3.63) is 58.3 Å². The molecule has 0 saturated heterocycles. The summed E-state index contributed by atoms with van der Waals surface area (Å²) in [6.45, 7) is 7.45. The summed E-state index contributed by atoms with van der Waals surface area (Å²) in [5, 5.41) is 11.2. The van der Waals surface area contributed by atoms with Crippen molar-refractivity contribution < 1.29 is 14.3 Å². The summed E-state index contributed by atoms with van der Waals surface area (Å²) in [4.78, 5) is 37.0. The average Bonchev–Trinajstić information content (AvgIpc) is 3.52. The van der Waals surface area contributed by atoms with Gasteiger partial charge in [-0.1, -0.05) is 30.0 Å². The molecule has 5 rings (SSSR count). The van der Waals surface area contributed by atoms with E-state index in [0.717, 1.165) is 46.0 Å². The van der Waals surface area contributed by atoms with Gasteiger partial charge in [0, 0.05) is 17.6 Å². The molecule has 0 unspecified atom stereocenters. The van der Waals surface area contributed by atoms with Gasteiger partial charge < -0.3 is 15.0 Å². The number of benzene rings is 1. The van der Waals surface area contributed by atoms with Crippen molar-refractivity contribution in [2.24, 2.45) is 4.99 Å². The van der Waals surface area contributed by atoms with Crippen molar-refractivity contribution in [3.63, 3.8) is 0 Å². The number of amidine groups is 1. The summed E-state index contributed by atoms with van der Waals surface area (Å²) >= 11 is 1.52. The molecule has 2 aliphatic rings. The maximum absolute atomic E-state index is 13.1. The van der Waals surface area contributed by atoms with Crippen LogP contribution >= 0.6 is 11.8 Å². The van der Waals surface area contributed by atoms with Gasteiger partial charge >= 0.3 is 5.97 Å². The summed E-state index contributed by atoms with van der Waals surface area (Å²) < 4.78 is 6.69. The van der Waals surface area contributed by atoms with Crippen molar-refractivity contribution in [1.82, 2.24) is 19.7 Å². The molecule has 0 spiro atoms. The van der Waals surface area contributed by atoms with E-state index in [2.05, 4.69) is 15.4 Å². The number of rotatable bonds is 6. The number of hydrogen-bond acceptors (Lipinski definition) is 8. The number of aromatic nitrogens is 3. The van der Waals surface area contributed by atoms with E-state index in [1.165, 1.54) is 22.6 Å². The molecule has 10 heteroatoms. The number of ether oxygens (including phenoxy) is 1. The largest absolute Gasteiger partial charge is 0.462 e. The molecule has 9 nitrogen and oxygen atoms in total. The molecule has 4 heterocycles. The number of aryl methyl sites for hydroxylation is 2. The highest BCUT2D eigenvalue weighted by Gasteiger charge is 2.29. The Labute approximate surface area is 200 Å². The van der Waals surface area contributed by atoms with Crippen molar-refractivity contribution in [1.29, 1.82) is 0 Å². The zero-order valence-corrected chi connectivity index (χ0v) is 20.0. The zero-order valence-electron chi connectivity index (χ0n) is 19.2. The summed E-state index contributed by atoms with van der Waals surface area (Å²) in [7, 11) is 0. The molecule has 2 aliphatic heterocycles. The van der Waals surface area contributed by atoms with Crippen LogP contribution in [0.15, 0.2) is 46.6 Å². The second kappa shape index (κ2) is 8.94. The van der Waals surface area contributed by atoms with Crippen LogP contribution < -0.4 is 5.32 Å². The zero-order chi connectivity index (χ0) is 23.8. The van der Waals surface area contributed by atoms with Crippen LogP contribution in [0.1, 0.15) is 34.8 Å². The minimum absolute atomic E-state index is 0.156. The molecule has 174 valence electrons. The number of fused-ring (bicyclic) bond motifs is 2. The number of thioether (sulfide) groups is 1. The molecule has 1 aromatic carbocycles. The summed E-state index contributed by atoms with van der Waals surface area (Å²) in [6.07, 6.45) is 1.56. The number of nitrogens with zero attached hydrogens (tertiary/aromatic N) is 5. The number of carbonyl (C=O) groups is 2. The van der Waals surface area contributed by atoms with Gasteiger partial charge in [0.25, 0.3) is 0 Å². The van der Waals surface area contributed by atoms with Gasteiger partial charge in [0.15, 0.2) is 16.8 Å². The van der Waals surface area contributed by atoms with E-state index in [4.69, 9.17) is 9.72 Å². The fourth-order valence-electron chi connectivity index (χ4n) is 4.11. The third-order valence-electron chi connectivity index (χ3n) is 5.76. The molecule has 1 amide bonds. The van der Waals surface area contributed by atoms with E-state index >= 15 is 0 Å².